The second-order valence-corrected chi connectivity index (χ2v) is 4.63. The number of cyclic esters (lactones) is 1. The second-order valence-electron chi connectivity index (χ2n) is 4.27. The smallest absolute Gasteiger partial charge is 0.414 e. The molecule has 1 aliphatic heterocycles. The number of carbonyl (C=O) groups is 2. The van der Waals surface area contributed by atoms with Gasteiger partial charge < -0.3 is 9.84 Å². The highest BCUT2D eigenvalue weighted by Crippen LogP contribution is 2.28. The van der Waals surface area contributed by atoms with Crippen molar-refractivity contribution in [3.05, 3.63) is 35.1 Å². The van der Waals surface area contributed by atoms with Crippen molar-refractivity contribution in [1.29, 1.82) is 0 Å². The molecule has 1 aliphatic rings. The summed E-state index contributed by atoms with van der Waals surface area (Å²) >= 11 is 6.01. The van der Waals surface area contributed by atoms with E-state index in [0.29, 0.717) is 29.6 Å². The Balaban J connectivity index is 2.12. The van der Waals surface area contributed by atoms with E-state index < -0.39 is 12.1 Å². The number of benzene rings is 1. The molecule has 0 radical (unpaired) electrons. The minimum atomic E-state index is -1.14. The maximum absolute atomic E-state index is 11.5. The lowest BCUT2D eigenvalue weighted by molar-refractivity contribution is 0.0690. The van der Waals surface area contributed by atoms with Gasteiger partial charge in [0.25, 0.3) is 0 Å². The molecule has 20 heavy (non-hydrogen) atoms. The fourth-order valence-electron chi connectivity index (χ4n) is 2.10. The van der Waals surface area contributed by atoms with E-state index in [9.17, 15) is 9.59 Å². The minimum Gasteiger partial charge on any atom is -0.477 e. The molecule has 1 amide bonds. The Morgan fingerprint density at radius 2 is 2.20 bits per heavy atom. The highest BCUT2D eigenvalue weighted by Gasteiger charge is 2.24. The first-order valence-corrected chi connectivity index (χ1v) is 6.22. The topological polar surface area (TPSA) is 79.7 Å². The molecule has 0 atom stereocenters. The third-order valence-electron chi connectivity index (χ3n) is 3.06. The van der Waals surface area contributed by atoms with Crippen molar-refractivity contribution < 1.29 is 19.4 Å². The van der Waals surface area contributed by atoms with Gasteiger partial charge in [0.05, 0.1) is 6.54 Å². The fourth-order valence-corrected chi connectivity index (χ4v) is 2.35. The lowest BCUT2D eigenvalue weighted by atomic mass is 10.1. The summed E-state index contributed by atoms with van der Waals surface area (Å²) < 4.78 is 4.87. The number of fused-ring (bicyclic) bond motifs is 1. The molecule has 1 fully saturated rings. The number of ether oxygens (including phenoxy) is 1. The van der Waals surface area contributed by atoms with E-state index in [1.165, 1.54) is 11.0 Å². The number of anilines is 1. The van der Waals surface area contributed by atoms with Crippen LogP contribution in [0.3, 0.4) is 0 Å². The lowest BCUT2D eigenvalue weighted by Gasteiger charge is -2.13. The number of hydrogen-bond donors (Lipinski definition) is 1. The summed E-state index contributed by atoms with van der Waals surface area (Å²) in [5, 5.41) is 10.3. The quantitative estimate of drug-likeness (QED) is 0.860. The van der Waals surface area contributed by atoms with Gasteiger partial charge in [-0.05, 0) is 23.6 Å². The van der Waals surface area contributed by atoms with Crippen LogP contribution in [0.1, 0.15) is 10.5 Å². The van der Waals surface area contributed by atoms with Gasteiger partial charge in [-0.2, -0.15) is 0 Å². The molecule has 3 rings (SSSR count). The number of hydrogen-bond acceptors (Lipinski definition) is 4. The molecule has 0 aliphatic carbocycles. The first-order valence-electron chi connectivity index (χ1n) is 5.84. The zero-order chi connectivity index (χ0) is 14.3. The molecule has 0 bridgehead atoms. The molecule has 2 heterocycles. The van der Waals surface area contributed by atoms with Crippen molar-refractivity contribution in [2.24, 2.45) is 0 Å². The molecular weight excluding hydrogens is 284 g/mol. The summed E-state index contributed by atoms with van der Waals surface area (Å²) in [7, 11) is 0. The van der Waals surface area contributed by atoms with Crippen LogP contribution >= 0.6 is 11.6 Å². The van der Waals surface area contributed by atoms with Gasteiger partial charge in [0.2, 0.25) is 0 Å². The highest BCUT2D eigenvalue weighted by atomic mass is 35.5. The molecule has 2 aromatic rings. The molecule has 0 spiro atoms. The van der Waals surface area contributed by atoms with Crippen LogP contribution < -0.4 is 4.90 Å². The van der Waals surface area contributed by atoms with Crippen LogP contribution in [-0.2, 0) is 4.74 Å². The number of amides is 1. The number of carboxylic acid groups (broad SMARTS) is 1. The largest absolute Gasteiger partial charge is 0.477 e. The van der Waals surface area contributed by atoms with Crippen LogP contribution in [0.4, 0.5) is 10.5 Å². The molecule has 6 nitrogen and oxygen atoms in total. The van der Waals surface area contributed by atoms with Crippen LogP contribution in [0, 0.1) is 0 Å². The maximum atomic E-state index is 11.5. The average molecular weight is 293 g/mol. The molecule has 0 unspecified atom stereocenters. The molecule has 1 aromatic heterocycles. The molecular formula is C13H9ClN2O4. The standard InChI is InChI=1S/C13H9ClN2O4/c14-11-9-6-8(16-3-4-20-13(16)19)2-1-7(9)5-10(15-11)12(17)18/h1-2,5-6H,3-4H2,(H,17,18). The van der Waals surface area contributed by atoms with Gasteiger partial charge in [0.1, 0.15) is 11.8 Å². The Bertz CT molecular complexity index is 732. The molecule has 1 N–H and O–H groups in total. The van der Waals surface area contributed by atoms with Crippen molar-refractivity contribution in [1.82, 2.24) is 4.98 Å². The highest BCUT2D eigenvalue weighted by molar-refractivity contribution is 6.34. The van der Waals surface area contributed by atoms with E-state index >= 15 is 0 Å². The van der Waals surface area contributed by atoms with Crippen LogP contribution in [0.25, 0.3) is 10.8 Å². The minimum absolute atomic E-state index is 0.0920. The Hall–Kier alpha value is -2.34. The van der Waals surface area contributed by atoms with Gasteiger partial charge in [0.15, 0.2) is 5.69 Å². The van der Waals surface area contributed by atoms with Gasteiger partial charge in [-0.1, -0.05) is 17.7 Å². The number of aromatic nitrogens is 1. The van der Waals surface area contributed by atoms with Crippen LogP contribution in [0.5, 0.6) is 0 Å². The van der Waals surface area contributed by atoms with Crippen molar-refractivity contribution in [2.45, 2.75) is 0 Å². The summed E-state index contributed by atoms with van der Waals surface area (Å²) in [6.07, 6.45) is -0.407. The molecule has 1 aromatic carbocycles. The van der Waals surface area contributed by atoms with E-state index in [1.807, 2.05) is 0 Å². The van der Waals surface area contributed by atoms with Crippen LogP contribution in [0.15, 0.2) is 24.3 Å². The van der Waals surface area contributed by atoms with E-state index in [1.54, 1.807) is 18.2 Å². The molecule has 1 saturated heterocycles. The first-order chi connectivity index (χ1) is 9.56. The Morgan fingerprint density at radius 1 is 1.40 bits per heavy atom. The Kier molecular flexibility index (Phi) is 2.94. The molecule has 0 saturated carbocycles. The van der Waals surface area contributed by atoms with Crippen molar-refractivity contribution in [3.8, 4) is 0 Å². The van der Waals surface area contributed by atoms with Crippen molar-refractivity contribution in [2.75, 3.05) is 18.1 Å². The lowest BCUT2D eigenvalue weighted by Crippen LogP contribution is -2.23. The van der Waals surface area contributed by atoms with E-state index in [-0.39, 0.29) is 10.8 Å². The number of carbonyl (C=O) groups excluding carboxylic acids is 1. The number of carboxylic acids is 1. The van der Waals surface area contributed by atoms with E-state index in [4.69, 9.17) is 21.4 Å². The number of aromatic carboxylic acids is 1. The summed E-state index contributed by atoms with van der Waals surface area (Å²) in [6.45, 7) is 0.823. The van der Waals surface area contributed by atoms with E-state index in [2.05, 4.69) is 4.98 Å². The number of nitrogens with zero attached hydrogens (tertiary/aromatic N) is 2. The second kappa shape index (κ2) is 4.64. The predicted molar refractivity (Wildman–Crippen MR) is 72.4 cm³/mol. The molecule has 102 valence electrons. The summed E-state index contributed by atoms with van der Waals surface area (Å²) in [6, 6.07) is 6.56. The van der Waals surface area contributed by atoms with E-state index in [0.717, 1.165) is 0 Å². The predicted octanol–water partition coefficient (Wildman–Crippen LogP) is 2.54. The van der Waals surface area contributed by atoms with Gasteiger partial charge in [-0.15, -0.1) is 0 Å². The zero-order valence-corrected chi connectivity index (χ0v) is 10.9. The third-order valence-corrected chi connectivity index (χ3v) is 3.35. The number of pyridine rings is 1. The summed E-state index contributed by atoms with van der Waals surface area (Å²) in [5.41, 5.74) is 0.530. The first kappa shape index (κ1) is 12.7. The normalized spacial score (nSPS) is 14.7. The van der Waals surface area contributed by atoms with Crippen LogP contribution in [0.2, 0.25) is 5.15 Å². The average Bonchev–Trinajstić information content (AvgIpc) is 2.84. The monoisotopic (exact) mass is 292 g/mol. The number of halogens is 1. The Morgan fingerprint density at radius 3 is 2.85 bits per heavy atom. The number of rotatable bonds is 2. The maximum Gasteiger partial charge on any atom is 0.414 e. The van der Waals surface area contributed by atoms with Gasteiger partial charge in [-0.25, -0.2) is 14.6 Å². The third kappa shape index (κ3) is 2.04. The fraction of sp³-hybridized carbons (Fsp3) is 0.154. The van der Waals surface area contributed by atoms with Gasteiger partial charge in [0, 0.05) is 11.1 Å². The zero-order valence-electron chi connectivity index (χ0n) is 10.2. The van der Waals surface area contributed by atoms with Crippen molar-refractivity contribution >= 4 is 40.1 Å². The SMILES string of the molecule is O=C(O)c1cc2ccc(N3CCOC3=O)cc2c(Cl)n1. The van der Waals surface area contributed by atoms with Gasteiger partial charge >= 0.3 is 12.1 Å². The van der Waals surface area contributed by atoms with Crippen LogP contribution in [-0.4, -0.2) is 35.3 Å². The van der Waals surface area contributed by atoms with Crippen molar-refractivity contribution in [3.63, 3.8) is 0 Å². The van der Waals surface area contributed by atoms with Gasteiger partial charge in [-0.3, -0.25) is 4.90 Å². The Labute approximate surface area is 118 Å². The summed E-state index contributed by atoms with van der Waals surface area (Å²) in [5.74, 6) is -1.14. The summed E-state index contributed by atoms with van der Waals surface area (Å²) in [4.78, 5) is 27.7. The molecule has 7 heteroatoms.